The Balaban J connectivity index is 1.70. The number of methoxy groups -OCH3 is 2. The van der Waals surface area contributed by atoms with E-state index in [1.165, 1.54) is 12.1 Å². The fourth-order valence-electron chi connectivity index (χ4n) is 3.15. The quantitative estimate of drug-likeness (QED) is 0.488. The minimum absolute atomic E-state index is 0.243. The summed E-state index contributed by atoms with van der Waals surface area (Å²) in [7, 11) is 3.23. The number of rotatable bonds is 7. The maximum Gasteiger partial charge on any atom is 0.161 e. The van der Waals surface area contributed by atoms with E-state index in [2.05, 4.69) is 21.2 Å². The molecule has 0 spiro atoms. The Labute approximate surface area is 164 Å². The van der Waals surface area contributed by atoms with E-state index in [1.807, 2.05) is 32.0 Å². The van der Waals surface area contributed by atoms with Crippen LogP contribution in [0.5, 0.6) is 11.5 Å². The highest BCUT2D eigenvalue weighted by Gasteiger charge is 2.09. The van der Waals surface area contributed by atoms with Crippen LogP contribution in [0.3, 0.4) is 0 Å². The number of hydrazone groups is 1. The summed E-state index contributed by atoms with van der Waals surface area (Å²) in [4.78, 5) is 0. The van der Waals surface area contributed by atoms with Gasteiger partial charge in [0, 0.05) is 22.6 Å². The van der Waals surface area contributed by atoms with Gasteiger partial charge in [-0.05, 0) is 61.9 Å². The van der Waals surface area contributed by atoms with E-state index in [1.54, 1.807) is 32.6 Å². The van der Waals surface area contributed by atoms with Crippen molar-refractivity contribution < 1.29 is 13.9 Å². The highest BCUT2D eigenvalue weighted by molar-refractivity contribution is 5.82. The fraction of sp³-hybridized carbons (Fsp3) is 0.227. The zero-order chi connectivity index (χ0) is 20.1. The smallest absolute Gasteiger partial charge is 0.161 e. The van der Waals surface area contributed by atoms with Crippen LogP contribution in [-0.4, -0.2) is 25.0 Å². The first-order chi connectivity index (χ1) is 13.5. The second-order valence-electron chi connectivity index (χ2n) is 6.42. The summed E-state index contributed by atoms with van der Waals surface area (Å²) in [5.74, 6) is 1.14. The van der Waals surface area contributed by atoms with Crippen molar-refractivity contribution in [3.05, 3.63) is 76.9 Å². The molecule has 0 bridgehead atoms. The van der Waals surface area contributed by atoms with Crippen molar-refractivity contribution in [1.29, 1.82) is 0 Å². The molecule has 0 radical (unpaired) electrons. The first-order valence-corrected chi connectivity index (χ1v) is 8.95. The molecule has 6 heteroatoms. The Morgan fingerprint density at radius 2 is 1.71 bits per heavy atom. The van der Waals surface area contributed by atoms with Crippen LogP contribution in [0.1, 0.15) is 22.5 Å². The zero-order valence-electron chi connectivity index (χ0n) is 16.5. The highest BCUT2D eigenvalue weighted by Crippen LogP contribution is 2.27. The maximum absolute atomic E-state index is 13.2. The fourth-order valence-corrected chi connectivity index (χ4v) is 3.15. The van der Waals surface area contributed by atoms with Gasteiger partial charge >= 0.3 is 0 Å². The Morgan fingerprint density at radius 1 is 1.00 bits per heavy atom. The zero-order valence-corrected chi connectivity index (χ0v) is 16.5. The molecule has 0 unspecified atom stereocenters. The standard InChI is InChI=1S/C22H24FN3O2/c1-15-11-18(16(2)26(15)20-8-6-19(23)7-9-20)14-25-24-13-17-5-10-21(27-3)22(12-17)28-4/h5-12,14,24H,13H2,1-4H3/b25-14+. The molecule has 0 aliphatic heterocycles. The molecule has 0 aliphatic rings. The van der Waals surface area contributed by atoms with Gasteiger partial charge in [0.1, 0.15) is 5.82 Å². The van der Waals surface area contributed by atoms with E-state index in [9.17, 15) is 4.39 Å². The van der Waals surface area contributed by atoms with Crippen molar-refractivity contribution in [2.75, 3.05) is 14.2 Å². The summed E-state index contributed by atoms with van der Waals surface area (Å²) in [6.45, 7) is 4.60. The van der Waals surface area contributed by atoms with Crippen molar-refractivity contribution in [1.82, 2.24) is 9.99 Å². The average molecular weight is 381 g/mol. The van der Waals surface area contributed by atoms with Gasteiger partial charge in [0.2, 0.25) is 0 Å². The summed E-state index contributed by atoms with van der Waals surface area (Å²) >= 11 is 0. The summed E-state index contributed by atoms with van der Waals surface area (Å²) < 4.78 is 25.8. The summed E-state index contributed by atoms with van der Waals surface area (Å²) in [6.07, 6.45) is 1.79. The maximum atomic E-state index is 13.2. The lowest BCUT2D eigenvalue weighted by Crippen LogP contribution is -2.06. The van der Waals surface area contributed by atoms with Crippen molar-refractivity contribution in [3.8, 4) is 17.2 Å². The first-order valence-electron chi connectivity index (χ1n) is 8.95. The van der Waals surface area contributed by atoms with Crippen LogP contribution in [0, 0.1) is 19.7 Å². The van der Waals surface area contributed by atoms with E-state index < -0.39 is 0 Å². The second-order valence-corrected chi connectivity index (χ2v) is 6.42. The monoisotopic (exact) mass is 381 g/mol. The number of aryl methyl sites for hydroxylation is 1. The Hall–Kier alpha value is -3.28. The van der Waals surface area contributed by atoms with Crippen molar-refractivity contribution in [2.24, 2.45) is 5.10 Å². The first kappa shape index (κ1) is 19.5. The molecule has 2 aromatic carbocycles. The largest absolute Gasteiger partial charge is 0.493 e. The highest BCUT2D eigenvalue weighted by atomic mass is 19.1. The third kappa shape index (κ3) is 4.17. The molecule has 0 amide bonds. The van der Waals surface area contributed by atoms with Crippen LogP contribution in [0.2, 0.25) is 0 Å². The molecule has 3 rings (SSSR count). The number of hydrogen-bond donors (Lipinski definition) is 1. The van der Waals surface area contributed by atoms with Crippen LogP contribution >= 0.6 is 0 Å². The van der Waals surface area contributed by atoms with Crippen LogP contribution in [0.15, 0.2) is 53.6 Å². The molecule has 0 aliphatic carbocycles. The van der Waals surface area contributed by atoms with E-state index in [0.29, 0.717) is 18.0 Å². The molecule has 5 nitrogen and oxygen atoms in total. The third-order valence-corrected chi connectivity index (χ3v) is 4.58. The minimum Gasteiger partial charge on any atom is -0.493 e. The molecule has 0 atom stereocenters. The molecule has 0 fully saturated rings. The number of nitrogens with zero attached hydrogens (tertiary/aromatic N) is 2. The molecule has 1 aromatic heterocycles. The molecular formula is C22H24FN3O2. The number of hydrogen-bond acceptors (Lipinski definition) is 4. The summed E-state index contributed by atoms with van der Waals surface area (Å²) in [5.41, 5.74) is 8.12. The topological polar surface area (TPSA) is 47.8 Å². The summed E-state index contributed by atoms with van der Waals surface area (Å²) in [5, 5.41) is 4.34. The lowest BCUT2D eigenvalue weighted by molar-refractivity contribution is 0.354. The van der Waals surface area contributed by atoms with E-state index >= 15 is 0 Å². The van der Waals surface area contributed by atoms with Gasteiger partial charge < -0.3 is 19.5 Å². The van der Waals surface area contributed by atoms with Gasteiger partial charge in [-0.2, -0.15) is 5.10 Å². The van der Waals surface area contributed by atoms with Crippen LogP contribution < -0.4 is 14.9 Å². The number of ether oxygens (including phenoxy) is 2. The van der Waals surface area contributed by atoms with Gasteiger partial charge in [-0.3, -0.25) is 0 Å². The summed E-state index contributed by atoms with van der Waals surface area (Å²) in [6, 6.07) is 14.3. The van der Waals surface area contributed by atoms with E-state index in [-0.39, 0.29) is 5.82 Å². The van der Waals surface area contributed by atoms with Crippen LogP contribution in [-0.2, 0) is 6.54 Å². The van der Waals surface area contributed by atoms with Gasteiger partial charge in [0.15, 0.2) is 11.5 Å². The van der Waals surface area contributed by atoms with Gasteiger partial charge in [-0.15, -0.1) is 0 Å². The van der Waals surface area contributed by atoms with Gasteiger partial charge in [0.05, 0.1) is 27.0 Å². The Morgan fingerprint density at radius 3 is 2.39 bits per heavy atom. The Bertz CT molecular complexity index is 978. The molecule has 28 heavy (non-hydrogen) atoms. The van der Waals surface area contributed by atoms with Crippen molar-refractivity contribution >= 4 is 6.21 Å². The molecule has 1 heterocycles. The third-order valence-electron chi connectivity index (χ3n) is 4.58. The van der Waals surface area contributed by atoms with Gasteiger partial charge in [-0.25, -0.2) is 4.39 Å². The van der Waals surface area contributed by atoms with E-state index in [4.69, 9.17) is 9.47 Å². The van der Waals surface area contributed by atoms with E-state index in [0.717, 1.165) is 28.2 Å². The average Bonchev–Trinajstić information content (AvgIpc) is 2.99. The van der Waals surface area contributed by atoms with Crippen molar-refractivity contribution in [3.63, 3.8) is 0 Å². The SMILES string of the molecule is COc1ccc(CN/N=C/c2cc(C)n(-c3ccc(F)cc3)c2C)cc1OC. The lowest BCUT2D eigenvalue weighted by atomic mass is 10.2. The van der Waals surface area contributed by atoms with Crippen molar-refractivity contribution in [2.45, 2.75) is 20.4 Å². The number of halogens is 1. The number of nitrogens with one attached hydrogen (secondary N) is 1. The van der Waals surface area contributed by atoms with Crippen LogP contribution in [0.4, 0.5) is 4.39 Å². The van der Waals surface area contributed by atoms with Crippen LogP contribution in [0.25, 0.3) is 5.69 Å². The normalized spacial score (nSPS) is 11.0. The van der Waals surface area contributed by atoms with Gasteiger partial charge in [-0.1, -0.05) is 6.07 Å². The minimum atomic E-state index is -0.243. The second kappa shape index (κ2) is 8.61. The molecule has 0 saturated heterocycles. The molecule has 146 valence electrons. The molecule has 0 saturated carbocycles. The lowest BCUT2D eigenvalue weighted by Gasteiger charge is -2.09. The molecular weight excluding hydrogens is 357 g/mol. The molecule has 1 N–H and O–H groups in total. The van der Waals surface area contributed by atoms with Gasteiger partial charge in [0.25, 0.3) is 0 Å². The number of aromatic nitrogens is 1. The Kier molecular flexibility index (Phi) is 5.99. The predicted octanol–water partition coefficient (Wildman–Crippen LogP) is 4.37. The molecule has 3 aromatic rings. The number of benzene rings is 2. The predicted molar refractivity (Wildman–Crippen MR) is 109 cm³/mol.